The van der Waals surface area contributed by atoms with Crippen LogP contribution in [0.3, 0.4) is 0 Å². The van der Waals surface area contributed by atoms with Crippen molar-refractivity contribution in [2.24, 2.45) is 5.10 Å². The molecule has 2 unspecified atom stereocenters. The van der Waals surface area contributed by atoms with Crippen LogP contribution in [0, 0.1) is 17.0 Å². The number of nitrogens with zero attached hydrogens (tertiary/aromatic N) is 5. The number of carbonyl (C=O) groups excluding carboxylic acids is 1. The third-order valence-electron chi connectivity index (χ3n) is 3.61. The number of carbonyl (C=O) groups is 1. The number of aliphatic hydroxyl groups is 1. The number of hydrazone groups is 1. The minimum absolute atomic E-state index is 0.0278. The molecule has 9 nitrogen and oxygen atoms in total. The Morgan fingerprint density at radius 2 is 2.08 bits per heavy atom. The van der Waals surface area contributed by atoms with Crippen molar-refractivity contribution in [2.45, 2.75) is 45.1 Å². The maximum atomic E-state index is 13.2. The zero-order chi connectivity index (χ0) is 18.4. The molecule has 132 valence electrons. The van der Waals surface area contributed by atoms with Gasteiger partial charge in [0.15, 0.2) is 6.04 Å². The third-order valence-corrected chi connectivity index (χ3v) is 3.61. The lowest BCUT2D eigenvalue weighted by atomic mass is 10.1. The Kier molecular flexibility index (Phi) is 4.12. The van der Waals surface area contributed by atoms with Crippen LogP contribution in [0.5, 0.6) is 0 Å². The second-order valence-corrected chi connectivity index (χ2v) is 5.50. The summed E-state index contributed by atoms with van der Waals surface area (Å²) in [6.45, 7) is 3.88. The predicted octanol–water partition coefficient (Wildman–Crippen LogP) is 1.52. The summed E-state index contributed by atoms with van der Waals surface area (Å²) in [7, 11) is 0. The van der Waals surface area contributed by atoms with Crippen LogP contribution in [0.2, 0.25) is 0 Å². The summed E-state index contributed by atoms with van der Waals surface area (Å²) in [6, 6.07) is -0.250. The predicted molar refractivity (Wildman–Crippen MR) is 73.9 cm³/mol. The van der Waals surface area contributed by atoms with E-state index in [-0.39, 0.29) is 16.4 Å². The van der Waals surface area contributed by atoms with Crippen LogP contribution in [-0.4, -0.2) is 48.3 Å². The van der Waals surface area contributed by atoms with Gasteiger partial charge in [-0.3, -0.25) is 4.79 Å². The molecule has 1 amide bonds. The number of amides is 1. The molecule has 0 saturated heterocycles. The molecule has 1 N–H and O–H groups in total. The van der Waals surface area contributed by atoms with Gasteiger partial charge in [0, 0.05) is 12.1 Å². The van der Waals surface area contributed by atoms with Crippen molar-refractivity contribution in [1.82, 2.24) is 14.8 Å². The van der Waals surface area contributed by atoms with Gasteiger partial charge in [0.05, 0.1) is 16.9 Å². The molecule has 0 spiro atoms. The Morgan fingerprint density at radius 1 is 1.50 bits per heavy atom. The fourth-order valence-corrected chi connectivity index (χ4v) is 2.41. The summed E-state index contributed by atoms with van der Waals surface area (Å²) in [4.78, 5) is 22.3. The average Bonchev–Trinajstić information content (AvgIpc) is 2.97. The normalized spacial score (nSPS) is 22.5. The van der Waals surface area contributed by atoms with E-state index in [4.69, 9.17) is 0 Å². The second-order valence-electron chi connectivity index (χ2n) is 5.50. The highest BCUT2D eigenvalue weighted by molar-refractivity contribution is 5.90. The third kappa shape index (κ3) is 2.72. The van der Waals surface area contributed by atoms with E-state index in [1.165, 1.54) is 20.8 Å². The molecule has 12 heteroatoms. The van der Waals surface area contributed by atoms with Crippen LogP contribution in [-0.2, 0) is 4.79 Å². The lowest BCUT2D eigenvalue weighted by Crippen LogP contribution is -2.57. The number of hydrogen-bond donors (Lipinski definition) is 1. The first-order chi connectivity index (χ1) is 10.9. The van der Waals surface area contributed by atoms with Gasteiger partial charge in [0.2, 0.25) is 0 Å². The minimum Gasteiger partial charge on any atom is -0.362 e. The molecule has 24 heavy (non-hydrogen) atoms. The van der Waals surface area contributed by atoms with Crippen molar-refractivity contribution in [1.29, 1.82) is 0 Å². The molecule has 0 bridgehead atoms. The van der Waals surface area contributed by atoms with Gasteiger partial charge in [-0.2, -0.15) is 28.0 Å². The molecule has 1 aliphatic heterocycles. The van der Waals surface area contributed by atoms with Crippen LogP contribution in [0.1, 0.15) is 32.0 Å². The lowest BCUT2D eigenvalue weighted by molar-refractivity contribution is -0.389. The van der Waals surface area contributed by atoms with E-state index in [2.05, 4.69) is 10.2 Å². The highest BCUT2D eigenvalue weighted by atomic mass is 19.4. The molecular weight excluding hydrogens is 335 g/mol. The summed E-state index contributed by atoms with van der Waals surface area (Å²) in [5, 5.41) is 27.7. The molecule has 0 saturated carbocycles. The van der Waals surface area contributed by atoms with E-state index < -0.39 is 41.0 Å². The van der Waals surface area contributed by atoms with Crippen LogP contribution in [0.15, 0.2) is 11.2 Å². The van der Waals surface area contributed by atoms with Gasteiger partial charge in [-0.1, -0.05) is 0 Å². The van der Waals surface area contributed by atoms with E-state index in [1.54, 1.807) is 0 Å². The fourth-order valence-electron chi connectivity index (χ4n) is 2.41. The van der Waals surface area contributed by atoms with E-state index in [0.717, 1.165) is 10.7 Å². The van der Waals surface area contributed by atoms with Crippen LogP contribution in [0.4, 0.5) is 19.0 Å². The molecule has 0 aliphatic carbocycles. The Balaban J connectivity index is 2.38. The summed E-state index contributed by atoms with van der Waals surface area (Å²) in [5.74, 6) is -1.73. The Bertz CT molecular complexity index is 729. The summed E-state index contributed by atoms with van der Waals surface area (Å²) in [5.41, 5.74) is -3.31. The van der Waals surface area contributed by atoms with Crippen LogP contribution < -0.4 is 0 Å². The number of aromatic nitrogens is 2. The Morgan fingerprint density at radius 3 is 2.54 bits per heavy atom. The molecule has 1 aliphatic rings. The van der Waals surface area contributed by atoms with Crippen molar-refractivity contribution in [2.75, 3.05) is 0 Å². The largest absolute Gasteiger partial charge is 0.438 e. The SMILES string of the molecule is CC1=NN(C(=O)C(C)n2nc([N+](=O)[O-])cc2C)C(O)(C(F)(F)F)C1. The molecule has 1 aromatic rings. The zero-order valence-electron chi connectivity index (χ0n) is 12.9. The highest BCUT2D eigenvalue weighted by Gasteiger charge is 2.63. The van der Waals surface area contributed by atoms with Gasteiger partial charge >= 0.3 is 12.0 Å². The second kappa shape index (κ2) is 5.54. The minimum atomic E-state index is -5.12. The van der Waals surface area contributed by atoms with Gasteiger partial charge < -0.3 is 15.2 Å². The first-order valence-electron chi connectivity index (χ1n) is 6.76. The maximum Gasteiger partial charge on any atom is 0.438 e. The van der Waals surface area contributed by atoms with E-state index in [9.17, 15) is 33.2 Å². The van der Waals surface area contributed by atoms with Gasteiger partial charge in [-0.05, 0) is 25.7 Å². The number of rotatable bonds is 3. The molecule has 0 aromatic carbocycles. The van der Waals surface area contributed by atoms with Gasteiger partial charge in [0.1, 0.15) is 0 Å². The van der Waals surface area contributed by atoms with Gasteiger partial charge in [-0.15, -0.1) is 0 Å². The van der Waals surface area contributed by atoms with Crippen molar-refractivity contribution in [3.8, 4) is 0 Å². The highest BCUT2D eigenvalue weighted by Crippen LogP contribution is 2.41. The van der Waals surface area contributed by atoms with Crippen molar-refractivity contribution < 1.29 is 28.0 Å². The smallest absolute Gasteiger partial charge is 0.362 e. The molecule has 0 fully saturated rings. The topological polar surface area (TPSA) is 114 Å². The number of alkyl halides is 3. The summed E-state index contributed by atoms with van der Waals surface area (Å²) < 4.78 is 40.4. The first kappa shape index (κ1) is 17.8. The maximum absolute atomic E-state index is 13.2. The summed E-state index contributed by atoms with van der Waals surface area (Å²) >= 11 is 0. The van der Waals surface area contributed by atoms with Crippen LogP contribution >= 0.6 is 0 Å². The zero-order valence-corrected chi connectivity index (χ0v) is 12.9. The van der Waals surface area contributed by atoms with Crippen molar-refractivity contribution in [3.63, 3.8) is 0 Å². The first-order valence-corrected chi connectivity index (χ1v) is 6.76. The summed E-state index contributed by atoms with van der Waals surface area (Å²) in [6.07, 6.45) is -5.98. The molecule has 1 aromatic heterocycles. The van der Waals surface area contributed by atoms with Crippen molar-refractivity contribution >= 4 is 17.4 Å². The van der Waals surface area contributed by atoms with Crippen LogP contribution in [0.25, 0.3) is 0 Å². The standard InChI is InChI=1S/C12H14F3N5O4/c1-6-5-11(22,12(13,14)15)19(16-6)10(21)8(3)18-7(2)4-9(17-18)20(23)24/h4,8,22H,5H2,1-3H3. The van der Waals surface area contributed by atoms with Gasteiger partial charge in [-0.25, -0.2) is 0 Å². The van der Waals surface area contributed by atoms with Crippen molar-refractivity contribution in [3.05, 3.63) is 21.9 Å². The number of hydrogen-bond acceptors (Lipinski definition) is 6. The average molecular weight is 349 g/mol. The molecule has 2 heterocycles. The molecule has 2 rings (SSSR count). The Hall–Kier alpha value is -2.50. The van der Waals surface area contributed by atoms with Gasteiger partial charge in [0.25, 0.3) is 11.6 Å². The number of nitro groups is 1. The lowest BCUT2D eigenvalue weighted by Gasteiger charge is -2.33. The Labute approximate surface area is 133 Å². The molecule has 0 radical (unpaired) electrons. The van der Waals surface area contributed by atoms with E-state index in [1.807, 2.05) is 0 Å². The molecular formula is C12H14F3N5O4. The number of aryl methyl sites for hydroxylation is 1. The number of halogens is 3. The molecule has 2 atom stereocenters. The van der Waals surface area contributed by atoms with E-state index >= 15 is 0 Å². The monoisotopic (exact) mass is 349 g/mol. The quantitative estimate of drug-likeness (QED) is 0.656. The van der Waals surface area contributed by atoms with E-state index in [0.29, 0.717) is 0 Å². The fraction of sp³-hybridized carbons (Fsp3) is 0.583.